The Hall–Kier alpha value is -2.52. The van der Waals surface area contributed by atoms with Gasteiger partial charge in [-0.15, -0.1) is 17.8 Å². The topological polar surface area (TPSA) is 46.5 Å². The average molecular weight is 402 g/mol. The normalized spacial score (nSPS) is 10.7. The van der Waals surface area contributed by atoms with E-state index in [1.165, 1.54) is 11.3 Å². The first kappa shape index (κ1) is 18.3. The summed E-state index contributed by atoms with van der Waals surface area (Å²) in [5.74, 6) is 3.11. The van der Waals surface area contributed by atoms with E-state index >= 15 is 0 Å². The highest BCUT2D eigenvalue weighted by Crippen LogP contribution is 2.32. The molecule has 0 bridgehead atoms. The number of hydrazone groups is 1. The SMILES string of the molecule is C#CCOc1ccccc1/C=N/Nc1nc(-c2ccc(Cl)cc2Cl)cs1. The zero-order valence-electron chi connectivity index (χ0n) is 13.4. The van der Waals surface area contributed by atoms with Crippen LogP contribution in [0.5, 0.6) is 5.75 Å². The van der Waals surface area contributed by atoms with Crippen LogP contribution in [-0.4, -0.2) is 17.8 Å². The van der Waals surface area contributed by atoms with Gasteiger partial charge in [0.25, 0.3) is 0 Å². The molecule has 0 atom stereocenters. The molecular formula is C19H13Cl2N3OS. The summed E-state index contributed by atoms with van der Waals surface area (Å²) in [5.41, 5.74) is 5.30. The number of hydrogen-bond acceptors (Lipinski definition) is 5. The number of benzene rings is 2. The monoisotopic (exact) mass is 401 g/mol. The van der Waals surface area contributed by atoms with Gasteiger partial charge in [0.1, 0.15) is 12.4 Å². The number of aromatic nitrogens is 1. The van der Waals surface area contributed by atoms with Gasteiger partial charge in [0, 0.05) is 21.5 Å². The summed E-state index contributed by atoms with van der Waals surface area (Å²) in [5, 5.41) is 7.89. The van der Waals surface area contributed by atoms with Crippen LogP contribution in [0.3, 0.4) is 0 Å². The number of thiazole rings is 1. The van der Waals surface area contributed by atoms with Crippen molar-refractivity contribution in [3.63, 3.8) is 0 Å². The van der Waals surface area contributed by atoms with Crippen molar-refractivity contribution >= 4 is 45.9 Å². The summed E-state index contributed by atoms with van der Waals surface area (Å²) >= 11 is 13.6. The van der Waals surface area contributed by atoms with Gasteiger partial charge < -0.3 is 4.74 Å². The first-order chi connectivity index (χ1) is 12.7. The van der Waals surface area contributed by atoms with Crippen molar-refractivity contribution in [2.75, 3.05) is 12.0 Å². The maximum atomic E-state index is 6.22. The standard InChI is InChI=1S/C19H13Cl2N3OS/c1-2-9-25-18-6-4-3-5-13(18)11-22-24-19-23-17(12-26-19)15-8-7-14(20)10-16(15)21/h1,3-8,10-12H,9H2,(H,23,24)/b22-11+. The van der Waals surface area contributed by atoms with Gasteiger partial charge in [-0.3, -0.25) is 5.43 Å². The Morgan fingerprint density at radius 2 is 2.12 bits per heavy atom. The van der Waals surface area contributed by atoms with E-state index in [1.54, 1.807) is 18.3 Å². The molecule has 3 rings (SSSR count). The Bertz CT molecular complexity index is 979. The zero-order chi connectivity index (χ0) is 18.4. The van der Waals surface area contributed by atoms with E-state index in [1.807, 2.05) is 35.7 Å². The Balaban J connectivity index is 1.71. The van der Waals surface area contributed by atoms with E-state index in [-0.39, 0.29) is 6.61 Å². The number of nitrogens with one attached hydrogen (secondary N) is 1. The fourth-order valence-corrected chi connectivity index (χ4v) is 3.31. The second kappa shape index (κ2) is 8.72. The lowest BCUT2D eigenvalue weighted by atomic mass is 10.2. The van der Waals surface area contributed by atoms with Crippen LogP contribution in [0.2, 0.25) is 10.0 Å². The Morgan fingerprint density at radius 1 is 1.27 bits per heavy atom. The van der Waals surface area contributed by atoms with Crippen LogP contribution in [0.25, 0.3) is 11.3 Å². The van der Waals surface area contributed by atoms with E-state index in [0.29, 0.717) is 20.9 Å². The van der Waals surface area contributed by atoms with E-state index in [9.17, 15) is 0 Å². The fourth-order valence-electron chi connectivity index (χ4n) is 2.14. The fraction of sp³-hybridized carbons (Fsp3) is 0.0526. The van der Waals surface area contributed by atoms with E-state index in [4.69, 9.17) is 34.4 Å². The van der Waals surface area contributed by atoms with Gasteiger partial charge in [0.05, 0.1) is 16.9 Å². The van der Waals surface area contributed by atoms with Gasteiger partial charge in [0.15, 0.2) is 0 Å². The van der Waals surface area contributed by atoms with Gasteiger partial charge in [0.2, 0.25) is 5.13 Å². The summed E-state index contributed by atoms with van der Waals surface area (Å²) in [6, 6.07) is 12.8. The van der Waals surface area contributed by atoms with Gasteiger partial charge in [-0.1, -0.05) is 41.3 Å². The van der Waals surface area contributed by atoms with Crippen LogP contribution >= 0.6 is 34.5 Å². The summed E-state index contributed by atoms with van der Waals surface area (Å²) in [4.78, 5) is 4.48. The van der Waals surface area contributed by atoms with Crippen molar-refractivity contribution in [1.82, 2.24) is 4.98 Å². The van der Waals surface area contributed by atoms with E-state index in [0.717, 1.165) is 16.8 Å². The summed E-state index contributed by atoms with van der Waals surface area (Å²) in [6.45, 7) is 0.204. The summed E-state index contributed by atoms with van der Waals surface area (Å²) < 4.78 is 5.48. The minimum absolute atomic E-state index is 0.204. The van der Waals surface area contributed by atoms with Crippen LogP contribution in [0.4, 0.5) is 5.13 Å². The van der Waals surface area contributed by atoms with E-state index in [2.05, 4.69) is 21.4 Å². The van der Waals surface area contributed by atoms with Crippen molar-refractivity contribution < 1.29 is 4.74 Å². The first-order valence-electron chi connectivity index (χ1n) is 7.52. The number of hydrogen-bond donors (Lipinski definition) is 1. The Morgan fingerprint density at radius 3 is 2.92 bits per heavy atom. The molecule has 4 nitrogen and oxygen atoms in total. The predicted octanol–water partition coefficient (Wildman–Crippen LogP) is 5.57. The van der Waals surface area contributed by atoms with Gasteiger partial charge in [-0.25, -0.2) is 4.98 Å². The molecule has 26 heavy (non-hydrogen) atoms. The van der Waals surface area contributed by atoms with Crippen LogP contribution < -0.4 is 10.2 Å². The molecule has 0 aliphatic heterocycles. The molecule has 0 saturated heterocycles. The smallest absolute Gasteiger partial charge is 0.203 e. The quantitative estimate of drug-likeness (QED) is 0.333. The largest absolute Gasteiger partial charge is 0.480 e. The molecule has 130 valence electrons. The molecule has 7 heteroatoms. The molecule has 2 aromatic carbocycles. The molecule has 0 saturated carbocycles. The summed E-state index contributed by atoms with van der Waals surface area (Å²) in [6.07, 6.45) is 6.88. The van der Waals surface area contributed by atoms with Gasteiger partial charge in [-0.2, -0.15) is 5.10 Å². The third kappa shape index (κ3) is 4.55. The van der Waals surface area contributed by atoms with E-state index < -0.39 is 0 Å². The van der Waals surface area contributed by atoms with Crippen LogP contribution in [-0.2, 0) is 0 Å². The molecule has 0 unspecified atom stereocenters. The minimum atomic E-state index is 0.204. The molecule has 0 fully saturated rings. The third-order valence-corrected chi connectivity index (χ3v) is 4.60. The Kier molecular flexibility index (Phi) is 6.13. The summed E-state index contributed by atoms with van der Waals surface area (Å²) in [7, 11) is 0. The van der Waals surface area contributed by atoms with Crippen molar-refractivity contribution in [2.24, 2.45) is 5.10 Å². The maximum Gasteiger partial charge on any atom is 0.203 e. The van der Waals surface area contributed by atoms with Crippen LogP contribution in [0.15, 0.2) is 52.9 Å². The van der Waals surface area contributed by atoms with Gasteiger partial charge in [-0.05, 0) is 30.3 Å². The molecule has 0 aliphatic carbocycles. The lowest BCUT2D eigenvalue weighted by Gasteiger charge is -2.05. The molecule has 0 aliphatic rings. The highest BCUT2D eigenvalue weighted by atomic mass is 35.5. The number of rotatable bonds is 6. The van der Waals surface area contributed by atoms with Crippen LogP contribution in [0.1, 0.15) is 5.56 Å². The maximum absolute atomic E-state index is 6.22. The highest BCUT2D eigenvalue weighted by molar-refractivity contribution is 7.14. The van der Waals surface area contributed by atoms with Crippen molar-refractivity contribution in [1.29, 1.82) is 0 Å². The van der Waals surface area contributed by atoms with Crippen molar-refractivity contribution in [3.05, 3.63) is 63.5 Å². The number of nitrogens with zero attached hydrogens (tertiary/aromatic N) is 2. The first-order valence-corrected chi connectivity index (χ1v) is 9.16. The minimum Gasteiger partial charge on any atom is -0.480 e. The predicted molar refractivity (Wildman–Crippen MR) is 110 cm³/mol. The average Bonchev–Trinajstić information content (AvgIpc) is 3.09. The molecule has 1 aromatic heterocycles. The lowest BCUT2D eigenvalue weighted by molar-refractivity contribution is 0.370. The number of halogens is 2. The van der Waals surface area contributed by atoms with Crippen molar-refractivity contribution in [2.45, 2.75) is 0 Å². The van der Waals surface area contributed by atoms with Gasteiger partial charge >= 0.3 is 0 Å². The molecule has 0 radical (unpaired) electrons. The zero-order valence-corrected chi connectivity index (χ0v) is 15.8. The van der Waals surface area contributed by atoms with Crippen molar-refractivity contribution in [3.8, 4) is 29.4 Å². The second-order valence-corrected chi connectivity index (χ2v) is 6.76. The molecule has 3 aromatic rings. The Labute approximate surface area is 165 Å². The molecule has 1 N–H and O–H groups in total. The highest BCUT2D eigenvalue weighted by Gasteiger charge is 2.08. The number of ether oxygens (including phenoxy) is 1. The lowest BCUT2D eigenvalue weighted by Crippen LogP contribution is -1.98. The second-order valence-electron chi connectivity index (χ2n) is 5.06. The molecule has 0 amide bonds. The molecule has 0 spiro atoms. The molecule has 1 heterocycles. The van der Waals surface area contributed by atoms with Crippen LogP contribution in [0, 0.1) is 12.3 Å². The number of terminal acetylenes is 1. The third-order valence-electron chi connectivity index (χ3n) is 3.31. The number of anilines is 1. The molecular weight excluding hydrogens is 389 g/mol. The number of para-hydroxylation sites is 1.